The summed E-state index contributed by atoms with van der Waals surface area (Å²) in [7, 11) is -2.18. The average molecular weight is 291 g/mol. The van der Waals surface area contributed by atoms with Crippen LogP contribution in [0.15, 0.2) is 12.5 Å². The number of aliphatic carboxylic acids is 1. The molecule has 1 aromatic rings. The fraction of sp³-hybridized carbons (Fsp3) is 0.600. The predicted molar refractivity (Wildman–Crippen MR) is 67.1 cm³/mol. The molecule has 108 valence electrons. The van der Waals surface area contributed by atoms with Crippen LogP contribution in [-0.4, -0.2) is 55.0 Å². The molecule has 19 heavy (non-hydrogen) atoms. The maximum absolute atomic E-state index is 11.7. The molecule has 1 atom stereocenters. The topological polar surface area (TPSA) is 121 Å². The molecule has 0 amide bonds. The van der Waals surface area contributed by atoms with E-state index in [9.17, 15) is 13.2 Å². The molecule has 3 N–H and O–H groups in total. The molecule has 1 unspecified atom stereocenters. The van der Waals surface area contributed by atoms with Crippen molar-refractivity contribution in [1.82, 2.24) is 14.7 Å². The van der Waals surface area contributed by atoms with Crippen molar-refractivity contribution in [1.29, 1.82) is 0 Å². The molecular formula is C10H17N3O5S. The summed E-state index contributed by atoms with van der Waals surface area (Å²) in [6, 6.07) is -1.21. The van der Waals surface area contributed by atoms with E-state index in [0.29, 0.717) is 18.7 Å². The summed E-state index contributed by atoms with van der Waals surface area (Å²) in [6.07, 6.45) is 3.18. The molecule has 0 aliphatic carbocycles. The van der Waals surface area contributed by atoms with Crippen LogP contribution in [0, 0.1) is 0 Å². The number of hydrogen-bond donors (Lipinski definition) is 3. The smallest absolute Gasteiger partial charge is 0.322 e. The van der Waals surface area contributed by atoms with Gasteiger partial charge in [-0.1, -0.05) is 0 Å². The van der Waals surface area contributed by atoms with Gasteiger partial charge in [0, 0.05) is 32.0 Å². The Morgan fingerprint density at radius 1 is 1.63 bits per heavy atom. The lowest BCUT2D eigenvalue weighted by Crippen LogP contribution is -2.43. The Morgan fingerprint density at radius 3 is 2.89 bits per heavy atom. The number of aromatic nitrogens is 2. The van der Waals surface area contributed by atoms with Crippen molar-refractivity contribution >= 4 is 16.0 Å². The van der Waals surface area contributed by atoms with E-state index < -0.39 is 22.0 Å². The van der Waals surface area contributed by atoms with Gasteiger partial charge in [-0.05, 0) is 6.42 Å². The first-order valence-corrected chi connectivity index (χ1v) is 7.29. The number of carboxylic acid groups (broad SMARTS) is 1. The van der Waals surface area contributed by atoms with Gasteiger partial charge in [-0.2, -0.15) is 0 Å². The fourth-order valence-corrected chi connectivity index (χ4v) is 2.70. The molecular weight excluding hydrogens is 274 g/mol. The number of imidazole rings is 1. The van der Waals surface area contributed by atoms with Crippen molar-refractivity contribution in [2.75, 3.05) is 19.5 Å². The number of rotatable bonds is 9. The van der Waals surface area contributed by atoms with Crippen LogP contribution < -0.4 is 4.72 Å². The van der Waals surface area contributed by atoms with Crippen LogP contribution in [0.3, 0.4) is 0 Å². The summed E-state index contributed by atoms with van der Waals surface area (Å²) in [5.74, 6) is -1.40. The van der Waals surface area contributed by atoms with E-state index in [1.165, 1.54) is 19.6 Å². The minimum Gasteiger partial charge on any atom is -0.480 e. The minimum absolute atomic E-state index is 0.0127. The highest BCUT2D eigenvalue weighted by molar-refractivity contribution is 7.89. The normalized spacial score (nSPS) is 13.3. The van der Waals surface area contributed by atoms with Crippen LogP contribution in [0.1, 0.15) is 12.1 Å². The van der Waals surface area contributed by atoms with Crippen molar-refractivity contribution in [3.8, 4) is 0 Å². The SMILES string of the molecule is COCCCS(=O)(=O)NC(Cc1cnc[nH]1)C(=O)O. The van der Waals surface area contributed by atoms with Crippen LogP contribution in [0.4, 0.5) is 0 Å². The number of nitrogens with one attached hydrogen (secondary N) is 2. The number of H-pyrrole nitrogens is 1. The standard InChI is InChI=1S/C10H17N3O5S/c1-18-3-2-4-19(16,17)13-9(10(14)15)5-8-6-11-7-12-8/h6-7,9,13H,2-5H2,1H3,(H,11,12)(H,14,15). The van der Waals surface area contributed by atoms with Gasteiger partial charge in [0.15, 0.2) is 0 Å². The zero-order valence-electron chi connectivity index (χ0n) is 10.5. The number of nitrogens with zero attached hydrogens (tertiary/aromatic N) is 1. The number of carboxylic acids is 1. The summed E-state index contributed by atoms with van der Waals surface area (Å²) < 4.78 is 30.3. The molecule has 0 fully saturated rings. The number of aromatic amines is 1. The lowest BCUT2D eigenvalue weighted by Gasteiger charge is -2.13. The minimum atomic E-state index is -3.65. The van der Waals surface area contributed by atoms with Gasteiger partial charge in [0.1, 0.15) is 6.04 Å². The Hall–Kier alpha value is -1.45. The highest BCUT2D eigenvalue weighted by Crippen LogP contribution is 2.02. The third-order valence-corrected chi connectivity index (χ3v) is 3.83. The number of ether oxygens (including phenoxy) is 1. The Balaban J connectivity index is 2.60. The molecule has 0 spiro atoms. The molecule has 0 saturated heterocycles. The largest absolute Gasteiger partial charge is 0.480 e. The van der Waals surface area contributed by atoms with Crippen LogP contribution in [-0.2, 0) is 26.0 Å². The number of methoxy groups -OCH3 is 1. The molecule has 0 aromatic carbocycles. The van der Waals surface area contributed by atoms with Crippen LogP contribution in [0.25, 0.3) is 0 Å². The summed E-state index contributed by atoms with van der Waals surface area (Å²) in [6.45, 7) is 0.305. The molecule has 1 rings (SSSR count). The molecule has 0 radical (unpaired) electrons. The van der Waals surface area contributed by atoms with Crippen molar-refractivity contribution in [2.24, 2.45) is 0 Å². The van der Waals surface area contributed by atoms with Crippen molar-refractivity contribution in [3.05, 3.63) is 18.2 Å². The van der Waals surface area contributed by atoms with Gasteiger partial charge in [-0.25, -0.2) is 18.1 Å². The quantitative estimate of drug-likeness (QED) is 0.520. The van der Waals surface area contributed by atoms with Gasteiger partial charge in [0.05, 0.1) is 12.1 Å². The Kier molecular flexibility index (Phi) is 5.93. The summed E-state index contributed by atoms with van der Waals surface area (Å²) >= 11 is 0. The summed E-state index contributed by atoms with van der Waals surface area (Å²) in [4.78, 5) is 17.5. The maximum Gasteiger partial charge on any atom is 0.322 e. The van der Waals surface area contributed by atoms with E-state index in [4.69, 9.17) is 9.84 Å². The van der Waals surface area contributed by atoms with E-state index in [1.807, 2.05) is 0 Å². The zero-order valence-corrected chi connectivity index (χ0v) is 11.3. The monoisotopic (exact) mass is 291 g/mol. The first-order chi connectivity index (χ1) is 8.94. The van der Waals surface area contributed by atoms with E-state index in [1.54, 1.807) is 0 Å². The van der Waals surface area contributed by atoms with Gasteiger partial charge in [0.2, 0.25) is 10.0 Å². The van der Waals surface area contributed by atoms with Gasteiger partial charge in [0.25, 0.3) is 0 Å². The van der Waals surface area contributed by atoms with E-state index in [0.717, 1.165) is 0 Å². The van der Waals surface area contributed by atoms with E-state index in [2.05, 4.69) is 14.7 Å². The molecule has 9 heteroatoms. The molecule has 8 nitrogen and oxygen atoms in total. The second-order valence-electron chi connectivity index (χ2n) is 3.95. The molecule has 0 aliphatic heterocycles. The second-order valence-corrected chi connectivity index (χ2v) is 5.83. The summed E-state index contributed by atoms with van der Waals surface area (Å²) in [5.41, 5.74) is 0.548. The average Bonchev–Trinajstić information content (AvgIpc) is 2.80. The van der Waals surface area contributed by atoms with Gasteiger partial charge in [-0.3, -0.25) is 4.79 Å². The van der Waals surface area contributed by atoms with Crippen LogP contribution in [0.2, 0.25) is 0 Å². The zero-order chi connectivity index (χ0) is 14.3. The molecule has 1 aromatic heterocycles. The van der Waals surface area contributed by atoms with Gasteiger partial charge >= 0.3 is 5.97 Å². The third kappa shape index (κ3) is 5.81. The molecule has 0 aliphatic rings. The molecule has 0 saturated carbocycles. The van der Waals surface area contributed by atoms with Crippen molar-refractivity contribution < 1.29 is 23.1 Å². The highest BCUT2D eigenvalue weighted by atomic mass is 32.2. The Bertz CT molecular complexity index is 485. The third-order valence-electron chi connectivity index (χ3n) is 2.36. The predicted octanol–water partition coefficient (Wildman–Crippen LogP) is -0.639. The van der Waals surface area contributed by atoms with Gasteiger partial charge < -0.3 is 14.8 Å². The van der Waals surface area contributed by atoms with Crippen molar-refractivity contribution in [3.63, 3.8) is 0 Å². The number of carbonyl (C=O) groups is 1. The lowest BCUT2D eigenvalue weighted by atomic mass is 10.2. The highest BCUT2D eigenvalue weighted by Gasteiger charge is 2.24. The number of sulfonamides is 1. The van der Waals surface area contributed by atoms with E-state index in [-0.39, 0.29) is 12.2 Å². The summed E-state index contributed by atoms with van der Waals surface area (Å²) in [5, 5.41) is 9.02. The maximum atomic E-state index is 11.7. The molecule has 1 heterocycles. The first-order valence-electron chi connectivity index (χ1n) is 5.63. The van der Waals surface area contributed by atoms with Gasteiger partial charge in [-0.15, -0.1) is 0 Å². The van der Waals surface area contributed by atoms with Crippen LogP contribution in [0.5, 0.6) is 0 Å². The Labute approximate surface area is 111 Å². The first kappa shape index (κ1) is 15.6. The lowest BCUT2D eigenvalue weighted by molar-refractivity contribution is -0.138. The second kappa shape index (κ2) is 7.22. The molecule has 0 bridgehead atoms. The fourth-order valence-electron chi connectivity index (χ4n) is 1.46. The Morgan fingerprint density at radius 2 is 2.37 bits per heavy atom. The number of hydrogen-bond acceptors (Lipinski definition) is 5. The van der Waals surface area contributed by atoms with E-state index >= 15 is 0 Å². The van der Waals surface area contributed by atoms with Crippen molar-refractivity contribution in [2.45, 2.75) is 18.9 Å². The van der Waals surface area contributed by atoms with Crippen LogP contribution >= 0.6 is 0 Å².